The van der Waals surface area contributed by atoms with E-state index >= 15 is 0 Å². The van der Waals surface area contributed by atoms with E-state index in [0.717, 1.165) is 34.9 Å². The van der Waals surface area contributed by atoms with Gasteiger partial charge in [0.05, 0.1) is 0 Å². The smallest absolute Gasteiger partial charge is 0.152 e. The fraction of sp³-hybridized carbons (Fsp3) is 0.118. The predicted molar refractivity (Wildman–Crippen MR) is 77.6 cm³/mol. The maximum Gasteiger partial charge on any atom is 0.152 e. The SMILES string of the molecule is Cc1cccc2c1c(C=O)cn2Cc1ccccc1. The van der Waals surface area contributed by atoms with Crippen molar-refractivity contribution in [3.05, 3.63) is 71.4 Å². The molecule has 3 aromatic rings. The monoisotopic (exact) mass is 249 g/mol. The van der Waals surface area contributed by atoms with Crippen molar-refractivity contribution in [1.29, 1.82) is 0 Å². The van der Waals surface area contributed by atoms with Crippen LogP contribution in [0.4, 0.5) is 0 Å². The molecule has 1 heterocycles. The molecule has 3 rings (SSSR count). The first-order valence-corrected chi connectivity index (χ1v) is 6.37. The van der Waals surface area contributed by atoms with Gasteiger partial charge in [-0.15, -0.1) is 0 Å². The van der Waals surface area contributed by atoms with Crippen LogP contribution in [-0.2, 0) is 6.54 Å². The number of hydrogen-bond donors (Lipinski definition) is 0. The average Bonchev–Trinajstić information content (AvgIpc) is 2.80. The Morgan fingerprint density at radius 1 is 1.05 bits per heavy atom. The van der Waals surface area contributed by atoms with E-state index < -0.39 is 0 Å². The van der Waals surface area contributed by atoms with Crippen LogP contribution >= 0.6 is 0 Å². The second-order valence-electron chi connectivity index (χ2n) is 4.78. The fourth-order valence-corrected chi connectivity index (χ4v) is 2.57. The molecule has 0 saturated heterocycles. The molecule has 2 aromatic carbocycles. The third-order valence-electron chi connectivity index (χ3n) is 3.47. The summed E-state index contributed by atoms with van der Waals surface area (Å²) < 4.78 is 2.14. The summed E-state index contributed by atoms with van der Waals surface area (Å²) >= 11 is 0. The Kier molecular flexibility index (Phi) is 2.92. The van der Waals surface area contributed by atoms with Gasteiger partial charge in [-0.3, -0.25) is 4.79 Å². The molecule has 0 radical (unpaired) electrons. The third kappa shape index (κ3) is 2.06. The van der Waals surface area contributed by atoms with E-state index in [4.69, 9.17) is 0 Å². The molecule has 0 aliphatic rings. The number of aldehydes is 1. The first-order valence-electron chi connectivity index (χ1n) is 6.37. The zero-order valence-corrected chi connectivity index (χ0v) is 10.8. The minimum Gasteiger partial charge on any atom is -0.342 e. The molecule has 2 heteroatoms. The Bertz CT molecular complexity index is 726. The lowest BCUT2D eigenvalue weighted by molar-refractivity contribution is 0.112. The number of aryl methyl sites for hydroxylation is 1. The van der Waals surface area contributed by atoms with Gasteiger partial charge in [-0.25, -0.2) is 0 Å². The number of rotatable bonds is 3. The fourth-order valence-electron chi connectivity index (χ4n) is 2.57. The zero-order valence-electron chi connectivity index (χ0n) is 10.8. The molecule has 0 atom stereocenters. The highest BCUT2D eigenvalue weighted by molar-refractivity contribution is 5.99. The minimum absolute atomic E-state index is 0.768. The van der Waals surface area contributed by atoms with Gasteiger partial charge in [0.15, 0.2) is 6.29 Å². The zero-order chi connectivity index (χ0) is 13.2. The Labute approximate surface area is 112 Å². The van der Waals surface area contributed by atoms with Crippen molar-refractivity contribution in [3.63, 3.8) is 0 Å². The van der Waals surface area contributed by atoms with Gasteiger partial charge >= 0.3 is 0 Å². The summed E-state index contributed by atoms with van der Waals surface area (Å²) in [6.07, 6.45) is 2.88. The standard InChI is InChI=1S/C17H15NO/c1-13-6-5-9-16-17(13)15(12-19)11-18(16)10-14-7-3-2-4-8-14/h2-9,11-12H,10H2,1H3. The lowest BCUT2D eigenvalue weighted by atomic mass is 10.1. The van der Waals surface area contributed by atoms with E-state index in [-0.39, 0.29) is 0 Å². The van der Waals surface area contributed by atoms with Crippen molar-refractivity contribution in [1.82, 2.24) is 4.57 Å². The number of benzene rings is 2. The maximum absolute atomic E-state index is 11.2. The molecule has 19 heavy (non-hydrogen) atoms. The van der Waals surface area contributed by atoms with Crippen LogP contribution in [-0.4, -0.2) is 10.9 Å². The molecule has 2 nitrogen and oxygen atoms in total. The van der Waals surface area contributed by atoms with Crippen molar-refractivity contribution in [2.24, 2.45) is 0 Å². The predicted octanol–water partition coefficient (Wildman–Crippen LogP) is 3.81. The first kappa shape index (κ1) is 11.7. The number of carbonyl (C=O) groups is 1. The molecule has 0 fully saturated rings. The molecule has 0 saturated carbocycles. The van der Waals surface area contributed by atoms with Gasteiger partial charge in [-0.2, -0.15) is 0 Å². The Hall–Kier alpha value is -2.35. The number of hydrogen-bond acceptors (Lipinski definition) is 1. The highest BCUT2D eigenvalue weighted by atomic mass is 16.1. The largest absolute Gasteiger partial charge is 0.342 e. The topological polar surface area (TPSA) is 22.0 Å². The van der Waals surface area contributed by atoms with E-state index in [1.807, 2.05) is 43.5 Å². The summed E-state index contributed by atoms with van der Waals surface area (Å²) in [5.74, 6) is 0. The molecule has 0 amide bonds. The van der Waals surface area contributed by atoms with Gasteiger partial charge in [0.2, 0.25) is 0 Å². The van der Waals surface area contributed by atoms with Gasteiger partial charge in [-0.05, 0) is 24.1 Å². The van der Waals surface area contributed by atoms with Crippen LogP contribution < -0.4 is 0 Å². The summed E-state index contributed by atoms with van der Waals surface area (Å²) in [4.78, 5) is 11.2. The Morgan fingerprint density at radius 3 is 2.58 bits per heavy atom. The number of fused-ring (bicyclic) bond motifs is 1. The van der Waals surface area contributed by atoms with Crippen LogP contribution in [0.15, 0.2) is 54.7 Å². The third-order valence-corrected chi connectivity index (χ3v) is 3.47. The molecule has 0 spiro atoms. The average molecular weight is 249 g/mol. The van der Waals surface area contributed by atoms with E-state index in [0.29, 0.717) is 0 Å². The van der Waals surface area contributed by atoms with Crippen molar-refractivity contribution in [2.45, 2.75) is 13.5 Å². The Morgan fingerprint density at radius 2 is 1.84 bits per heavy atom. The minimum atomic E-state index is 0.768. The van der Waals surface area contributed by atoms with E-state index in [1.54, 1.807) is 0 Å². The Balaban J connectivity index is 2.14. The van der Waals surface area contributed by atoms with Crippen LogP contribution in [0.5, 0.6) is 0 Å². The maximum atomic E-state index is 11.2. The quantitative estimate of drug-likeness (QED) is 0.647. The number of carbonyl (C=O) groups excluding carboxylic acids is 1. The van der Waals surface area contributed by atoms with Gasteiger partial charge in [-0.1, -0.05) is 42.5 Å². The first-order chi connectivity index (χ1) is 9.29. The van der Waals surface area contributed by atoms with E-state index in [2.05, 4.69) is 22.8 Å². The normalized spacial score (nSPS) is 10.8. The summed E-state index contributed by atoms with van der Waals surface area (Å²) in [5, 5.41) is 1.06. The van der Waals surface area contributed by atoms with Crippen LogP contribution in [0.2, 0.25) is 0 Å². The highest BCUT2D eigenvalue weighted by Crippen LogP contribution is 2.24. The summed E-state index contributed by atoms with van der Waals surface area (Å²) in [7, 11) is 0. The summed E-state index contributed by atoms with van der Waals surface area (Å²) in [5.41, 5.74) is 4.26. The van der Waals surface area contributed by atoms with Crippen LogP contribution in [0.3, 0.4) is 0 Å². The molecule has 1 aromatic heterocycles. The molecule has 0 unspecified atom stereocenters. The van der Waals surface area contributed by atoms with Gasteiger partial charge < -0.3 is 4.57 Å². The second kappa shape index (κ2) is 4.73. The van der Waals surface area contributed by atoms with Crippen molar-refractivity contribution in [3.8, 4) is 0 Å². The lowest BCUT2D eigenvalue weighted by Gasteiger charge is -2.05. The van der Waals surface area contributed by atoms with Crippen molar-refractivity contribution in [2.75, 3.05) is 0 Å². The van der Waals surface area contributed by atoms with Gasteiger partial charge in [0.25, 0.3) is 0 Å². The van der Waals surface area contributed by atoms with Crippen LogP contribution in [0.25, 0.3) is 10.9 Å². The second-order valence-corrected chi connectivity index (χ2v) is 4.78. The lowest BCUT2D eigenvalue weighted by Crippen LogP contribution is -1.97. The number of aromatic nitrogens is 1. The van der Waals surface area contributed by atoms with Crippen molar-refractivity contribution >= 4 is 17.2 Å². The molecule has 0 bridgehead atoms. The molecule has 0 aliphatic heterocycles. The molecular weight excluding hydrogens is 234 g/mol. The van der Waals surface area contributed by atoms with Crippen LogP contribution in [0, 0.1) is 6.92 Å². The molecule has 0 N–H and O–H groups in total. The van der Waals surface area contributed by atoms with Crippen molar-refractivity contribution < 1.29 is 4.79 Å². The molecule has 0 aliphatic carbocycles. The van der Waals surface area contributed by atoms with Gasteiger partial charge in [0.1, 0.15) is 0 Å². The molecule has 94 valence electrons. The molecular formula is C17H15NO. The highest BCUT2D eigenvalue weighted by Gasteiger charge is 2.09. The number of nitrogens with zero attached hydrogens (tertiary/aromatic N) is 1. The summed E-state index contributed by atoms with van der Waals surface area (Å²) in [6, 6.07) is 16.4. The van der Waals surface area contributed by atoms with E-state index in [1.165, 1.54) is 5.56 Å². The van der Waals surface area contributed by atoms with Gasteiger partial charge in [0, 0.05) is 29.2 Å². The van der Waals surface area contributed by atoms with E-state index in [9.17, 15) is 4.79 Å². The van der Waals surface area contributed by atoms with Crippen LogP contribution in [0.1, 0.15) is 21.5 Å². The summed E-state index contributed by atoms with van der Waals surface area (Å²) in [6.45, 7) is 2.83.